The molecule has 0 radical (unpaired) electrons. The van der Waals surface area contributed by atoms with Crippen molar-refractivity contribution >= 4 is 35.0 Å². The molecule has 0 fully saturated rings. The molecule has 0 aliphatic carbocycles. The van der Waals surface area contributed by atoms with Crippen LogP contribution in [0.3, 0.4) is 0 Å². The van der Waals surface area contributed by atoms with Crippen molar-refractivity contribution in [3.63, 3.8) is 0 Å². The van der Waals surface area contributed by atoms with Gasteiger partial charge in [-0.3, -0.25) is 14.9 Å². The van der Waals surface area contributed by atoms with Crippen LogP contribution in [-0.4, -0.2) is 44.4 Å². The third-order valence-corrected chi connectivity index (χ3v) is 5.11. The largest absolute Gasteiger partial charge is 0.465 e. The number of hydrogen-bond donors (Lipinski definition) is 1. The van der Waals surface area contributed by atoms with Crippen LogP contribution in [0.2, 0.25) is 0 Å². The van der Waals surface area contributed by atoms with Crippen LogP contribution in [0.1, 0.15) is 10.4 Å². The van der Waals surface area contributed by atoms with Gasteiger partial charge in [-0.25, -0.2) is 4.79 Å². The first-order valence-corrected chi connectivity index (χ1v) is 9.63. The summed E-state index contributed by atoms with van der Waals surface area (Å²) in [5.41, 5.74) is 1.62. The molecule has 0 aliphatic heterocycles. The normalized spacial score (nSPS) is 10.5. The van der Waals surface area contributed by atoms with Gasteiger partial charge in [0.2, 0.25) is 5.91 Å². The fourth-order valence-electron chi connectivity index (χ4n) is 2.56. The fourth-order valence-corrected chi connectivity index (χ4v) is 3.27. The molecule has 1 aromatic heterocycles. The van der Waals surface area contributed by atoms with Crippen molar-refractivity contribution in [2.24, 2.45) is 7.05 Å². The van der Waals surface area contributed by atoms with E-state index < -0.39 is 10.9 Å². The van der Waals surface area contributed by atoms with E-state index in [1.54, 1.807) is 48.0 Å². The first-order valence-electron chi connectivity index (χ1n) is 8.64. The molecule has 0 aliphatic rings. The number of benzene rings is 2. The SMILES string of the molecule is COC(=O)c1ccc(NC(=O)CSc2nnc(-c3ccc([N+](=O)[O-])cc3)n2C)cc1. The van der Waals surface area contributed by atoms with Crippen LogP contribution in [0.15, 0.2) is 53.7 Å². The molecule has 0 atom stereocenters. The maximum atomic E-state index is 12.2. The van der Waals surface area contributed by atoms with Crippen LogP contribution < -0.4 is 5.32 Å². The van der Waals surface area contributed by atoms with Crippen LogP contribution in [0.5, 0.6) is 0 Å². The minimum atomic E-state index is -0.469. The molecule has 30 heavy (non-hydrogen) atoms. The Morgan fingerprint density at radius 1 is 1.13 bits per heavy atom. The predicted octanol–water partition coefficient (Wildman–Crippen LogP) is 2.91. The van der Waals surface area contributed by atoms with Gasteiger partial charge in [-0.05, 0) is 36.4 Å². The number of thioether (sulfide) groups is 1. The van der Waals surface area contributed by atoms with Crippen molar-refractivity contribution in [2.75, 3.05) is 18.2 Å². The molecule has 0 saturated carbocycles. The number of nitro groups is 1. The fraction of sp³-hybridized carbons (Fsp3) is 0.158. The van der Waals surface area contributed by atoms with Gasteiger partial charge in [0.05, 0.1) is 23.3 Å². The van der Waals surface area contributed by atoms with Crippen molar-refractivity contribution in [3.8, 4) is 11.4 Å². The average molecular weight is 427 g/mol. The van der Waals surface area contributed by atoms with Crippen LogP contribution >= 0.6 is 11.8 Å². The molecule has 3 rings (SSSR count). The highest BCUT2D eigenvalue weighted by Crippen LogP contribution is 2.24. The number of ether oxygens (including phenoxy) is 1. The third-order valence-electron chi connectivity index (χ3n) is 4.09. The third kappa shape index (κ3) is 4.81. The zero-order valence-corrected chi connectivity index (χ0v) is 16.9. The Bertz CT molecular complexity index is 1080. The molecule has 1 N–H and O–H groups in total. The van der Waals surface area contributed by atoms with E-state index in [0.29, 0.717) is 27.8 Å². The lowest BCUT2D eigenvalue weighted by Gasteiger charge is -2.06. The van der Waals surface area contributed by atoms with Crippen molar-refractivity contribution < 1.29 is 19.2 Å². The maximum Gasteiger partial charge on any atom is 0.337 e. The summed E-state index contributed by atoms with van der Waals surface area (Å²) in [6.45, 7) is 0. The lowest BCUT2D eigenvalue weighted by Crippen LogP contribution is -2.14. The topological polar surface area (TPSA) is 129 Å². The van der Waals surface area contributed by atoms with Gasteiger partial charge in [0.25, 0.3) is 5.69 Å². The van der Waals surface area contributed by atoms with E-state index >= 15 is 0 Å². The standard InChI is InChI=1S/C19H17N5O5S/c1-23-17(12-5-9-15(10-6-12)24(27)28)21-22-19(23)30-11-16(25)20-14-7-3-13(4-8-14)18(26)29-2/h3-10H,11H2,1-2H3,(H,20,25). The first-order chi connectivity index (χ1) is 14.4. The zero-order chi connectivity index (χ0) is 21.7. The summed E-state index contributed by atoms with van der Waals surface area (Å²) in [6, 6.07) is 12.4. The Kier molecular flexibility index (Phi) is 6.42. The monoisotopic (exact) mass is 427 g/mol. The summed E-state index contributed by atoms with van der Waals surface area (Å²) in [5, 5.41) is 22.2. The molecule has 154 valence electrons. The number of anilines is 1. The highest BCUT2D eigenvalue weighted by molar-refractivity contribution is 7.99. The molecule has 2 aromatic carbocycles. The second kappa shape index (κ2) is 9.18. The highest BCUT2D eigenvalue weighted by Gasteiger charge is 2.14. The molecule has 10 nitrogen and oxygen atoms in total. The summed E-state index contributed by atoms with van der Waals surface area (Å²) >= 11 is 1.20. The van der Waals surface area contributed by atoms with Crippen LogP contribution in [0, 0.1) is 10.1 Å². The molecule has 0 spiro atoms. The molecular weight excluding hydrogens is 410 g/mol. The van der Waals surface area contributed by atoms with E-state index in [9.17, 15) is 19.7 Å². The predicted molar refractivity (Wildman–Crippen MR) is 110 cm³/mol. The quantitative estimate of drug-likeness (QED) is 0.264. The first kappa shape index (κ1) is 21.0. The molecule has 11 heteroatoms. The Morgan fingerprint density at radius 2 is 1.80 bits per heavy atom. The summed E-state index contributed by atoms with van der Waals surface area (Å²) in [7, 11) is 3.05. The number of esters is 1. The number of non-ortho nitro benzene ring substituents is 1. The number of carbonyl (C=O) groups is 2. The van der Waals surface area contributed by atoms with Gasteiger partial charge in [0.15, 0.2) is 11.0 Å². The number of nitrogens with one attached hydrogen (secondary N) is 1. The molecule has 1 heterocycles. The van der Waals surface area contributed by atoms with E-state index in [0.717, 1.165) is 0 Å². The van der Waals surface area contributed by atoms with Gasteiger partial charge in [-0.1, -0.05) is 11.8 Å². The number of nitrogens with zero attached hydrogens (tertiary/aromatic N) is 4. The Hall–Kier alpha value is -3.73. The van der Waals surface area contributed by atoms with Crippen LogP contribution in [-0.2, 0) is 16.6 Å². The molecule has 0 unspecified atom stereocenters. The lowest BCUT2D eigenvalue weighted by molar-refractivity contribution is -0.384. The zero-order valence-electron chi connectivity index (χ0n) is 16.1. The minimum absolute atomic E-state index is 0.00759. The molecule has 1 amide bonds. The van der Waals surface area contributed by atoms with Crippen molar-refractivity contribution in [3.05, 3.63) is 64.2 Å². The Balaban J connectivity index is 1.60. The number of carbonyl (C=O) groups excluding carboxylic acids is 2. The second-order valence-corrected chi connectivity index (χ2v) is 7.02. The number of nitro benzene ring substituents is 1. The minimum Gasteiger partial charge on any atom is -0.465 e. The second-order valence-electron chi connectivity index (χ2n) is 6.07. The van der Waals surface area contributed by atoms with Crippen molar-refractivity contribution in [1.29, 1.82) is 0 Å². The van der Waals surface area contributed by atoms with Gasteiger partial charge >= 0.3 is 5.97 Å². The molecular formula is C19H17N5O5S. The van der Waals surface area contributed by atoms with E-state index in [1.165, 1.54) is 31.0 Å². The van der Waals surface area contributed by atoms with Crippen LogP contribution in [0.4, 0.5) is 11.4 Å². The summed E-state index contributed by atoms with van der Waals surface area (Å²) in [6.07, 6.45) is 0. The van der Waals surface area contributed by atoms with Gasteiger partial charge in [0.1, 0.15) is 0 Å². The van der Waals surface area contributed by atoms with Crippen molar-refractivity contribution in [2.45, 2.75) is 5.16 Å². The van der Waals surface area contributed by atoms with Gasteiger partial charge < -0.3 is 14.6 Å². The summed E-state index contributed by atoms with van der Waals surface area (Å²) < 4.78 is 6.34. The summed E-state index contributed by atoms with van der Waals surface area (Å²) in [5.74, 6) is -0.0585. The number of methoxy groups -OCH3 is 1. The maximum absolute atomic E-state index is 12.2. The van der Waals surface area contributed by atoms with Gasteiger partial charge in [0, 0.05) is 30.4 Å². The Morgan fingerprint density at radius 3 is 2.40 bits per heavy atom. The van der Waals surface area contributed by atoms with E-state index in [4.69, 9.17) is 0 Å². The number of hydrogen-bond acceptors (Lipinski definition) is 8. The van der Waals surface area contributed by atoms with Crippen LogP contribution in [0.25, 0.3) is 11.4 Å². The van der Waals surface area contributed by atoms with Gasteiger partial charge in [-0.2, -0.15) is 0 Å². The lowest BCUT2D eigenvalue weighted by atomic mass is 10.2. The van der Waals surface area contributed by atoms with E-state index in [-0.39, 0.29) is 17.3 Å². The smallest absolute Gasteiger partial charge is 0.337 e. The van der Waals surface area contributed by atoms with Gasteiger partial charge in [-0.15, -0.1) is 10.2 Å². The highest BCUT2D eigenvalue weighted by atomic mass is 32.2. The number of rotatable bonds is 7. The average Bonchev–Trinajstić information content (AvgIpc) is 3.12. The summed E-state index contributed by atoms with van der Waals surface area (Å²) in [4.78, 5) is 33.9. The molecule has 0 saturated heterocycles. The number of amides is 1. The molecule has 0 bridgehead atoms. The number of aromatic nitrogens is 3. The van der Waals surface area contributed by atoms with E-state index in [2.05, 4.69) is 20.3 Å². The van der Waals surface area contributed by atoms with E-state index in [1.807, 2.05) is 0 Å². The Labute approximate surface area is 175 Å². The molecule has 3 aromatic rings. The van der Waals surface area contributed by atoms with Crippen molar-refractivity contribution in [1.82, 2.24) is 14.8 Å².